The molecule has 0 saturated heterocycles. The molecule has 1 unspecified atom stereocenters. The number of aliphatic imine (C=N–C) groups is 2. The van der Waals surface area contributed by atoms with E-state index in [9.17, 15) is 0 Å². The maximum absolute atomic E-state index is 6.17. The Bertz CT molecular complexity index is 865. The van der Waals surface area contributed by atoms with Gasteiger partial charge in [0.25, 0.3) is 0 Å². The zero-order valence-corrected chi connectivity index (χ0v) is 13.5. The summed E-state index contributed by atoms with van der Waals surface area (Å²) in [6.07, 6.45) is 3.94. The Morgan fingerprint density at radius 2 is 2.00 bits per heavy atom. The molecule has 2 heterocycles. The molecule has 0 aromatic heterocycles. The summed E-state index contributed by atoms with van der Waals surface area (Å²) in [5.74, 6) is 0.340. The number of dihydropyridines is 1. The van der Waals surface area contributed by atoms with Crippen molar-refractivity contribution in [2.45, 2.75) is 6.92 Å². The van der Waals surface area contributed by atoms with Crippen LogP contribution in [0.2, 0.25) is 5.02 Å². The minimum Gasteiger partial charge on any atom is -0.353 e. The van der Waals surface area contributed by atoms with Crippen molar-refractivity contribution in [3.63, 3.8) is 0 Å². The van der Waals surface area contributed by atoms with Gasteiger partial charge in [-0.05, 0) is 35.9 Å². The summed E-state index contributed by atoms with van der Waals surface area (Å²) in [6, 6.07) is 14.0. The van der Waals surface area contributed by atoms with Crippen LogP contribution in [-0.4, -0.2) is 18.5 Å². The van der Waals surface area contributed by atoms with Gasteiger partial charge >= 0.3 is 0 Å². The second-order valence-corrected chi connectivity index (χ2v) is 6.27. The van der Waals surface area contributed by atoms with E-state index in [1.165, 1.54) is 5.57 Å². The lowest BCUT2D eigenvalue weighted by molar-refractivity contribution is 0.715. The predicted octanol–water partition coefficient (Wildman–Crippen LogP) is 5.16. The number of benzene rings is 2. The third-order valence-electron chi connectivity index (χ3n) is 4.19. The molecule has 0 radical (unpaired) electrons. The summed E-state index contributed by atoms with van der Waals surface area (Å²) in [5, 5.41) is 4.17. The van der Waals surface area contributed by atoms with E-state index in [0.717, 1.165) is 34.9 Å². The fourth-order valence-corrected chi connectivity index (χ4v) is 3.14. The molecule has 2 aromatic rings. The summed E-state index contributed by atoms with van der Waals surface area (Å²) >= 11 is 6.17. The van der Waals surface area contributed by atoms with Gasteiger partial charge in [-0.15, -0.1) is 0 Å². The van der Waals surface area contributed by atoms with Crippen molar-refractivity contribution in [1.29, 1.82) is 0 Å². The van der Waals surface area contributed by atoms with Crippen LogP contribution in [0.15, 0.2) is 64.1 Å². The highest BCUT2D eigenvalue weighted by Gasteiger charge is 2.23. The molecular weight excluding hydrogens is 306 g/mol. The molecule has 2 aromatic carbocycles. The van der Waals surface area contributed by atoms with Crippen molar-refractivity contribution in [3.8, 4) is 0 Å². The molecule has 114 valence electrons. The van der Waals surface area contributed by atoms with Crippen molar-refractivity contribution >= 4 is 40.6 Å². The quantitative estimate of drug-likeness (QED) is 0.773. The number of hydrogen-bond donors (Lipinski definition) is 1. The largest absolute Gasteiger partial charge is 0.353 e. The number of nitrogens with one attached hydrogen (secondary N) is 1. The fourth-order valence-electron chi connectivity index (χ4n) is 2.97. The summed E-state index contributed by atoms with van der Waals surface area (Å²) in [7, 11) is 0. The highest BCUT2D eigenvalue weighted by molar-refractivity contribution is 6.31. The molecule has 0 bridgehead atoms. The van der Waals surface area contributed by atoms with Gasteiger partial charge in [-0.1, -0.05) is 36.7 Å². The summed E-state index contributed by atoms with van der Waals surface area (Å²) < 4.78 is 0. The number of fused-ring (bicyclic) bond motifs is 2. The normalized spacial score (nSPS) is 19.0. The van der Waals surface area contributed by atoms with Gasteiger partial charge in [0.05, 0.1) is 17.1 Å². The molecule has 0 saturated carbocycles. The summed E-state index contributed by atoms with van der Waals surface area (Å²) in [5.41, 5.74) is 6.19. The molecule has 4 heteroatoms. The first-order valence-electron chi connectivity index (χ1n) is 7.67. The lowest BCUT2D eigenvalue weighted by atomic mass is 9.90. The molecule has 23 heavy (non-hydrogen) atoms. The smallest absolute Gasteiger partial charge is 0.0886 e. The molecule has 3 nitrogen and oxygen atoms in total. The first-order valence-corrected chi connectivity index (χ1v) is 8.05. The number of hydrogen-bond acceptors (Lipinski definition) is 3. The minimum atomic E-state index is 0.340. The van der Waals surface area contributed by atoms with E-state index in [-0.39, 0.29) is 0 Å². The van der Waals surface area contributed by atoms with Crippen LogP contribution in [0, 0.1) is 5.92 Å². The Labute approximate surface area is 140 Å². The van der Waals surface area contributed by atoms with Gasteiger partial charge in [0.15, 0.2) is 0 Å². The van der Waals surface area contributed by atoms with E-state index in [1.807, 2.05) is 36.5 Å². The second-order valence-electron chi connectivity index (χ2n) is 5.83. The van der Waals surface area contributed by atoms with Crippen LogP contribution in [-0.2, 0) is 0 Å². The average molecular weight is 322 g/mol. The average Bonchev–Trinajstić information content (AvgIpc) is 2.72. The van der Waals surface area contributed by atoms with Crippen LogP contribution in [0.5, 0.6) is 0 Å². The molecule has 0 aliphatic carbocycles. The summed E-state index contributed by atoms with van der Waals surface area (Å²) in [6.45, 7) is 2.98. The molecule has 1 N–H and O–H groups in total. The Balaban J connectivity index is 1.97. The van der Waals surface area contributed by atoms with E-state index in [4.69, 9.17) is 16.6 Å². The van der Waals surface area contributed by atoms with Gasteiger partial charge in [0.1, 0.15) is 0 Å². The van der Waals surface area contributed by atoms with Crippen LogP contribution in [0.25, 0.3) is 0 Å². The van der Waals surface area contributed by atoms with Crippen molar-refractivity contribution in [3.05, 3.63) is 64.7 Å². The van der Waals surface area contributed by atoms with Crippen LogP contribution in [0.4, 0.5) is 17.1 Å². The highest BCUT2D eigenvalue weighted by atomic mass is 35.5. The molecule has 1 atom stereocenters. The Morgan fingerprint density at radius 3 is 2.87 bits per heavy atom. The van der Waals surface area contributed by atoms with Crippen molar-refractivity contribution in [2.24, 2.45) is 15.9 Å². The third kappa shape index (κ3) is 2.57. The zero-order chi connectivity index (χ0) is 15.8. The molecule has 0 amide bonds. The van der Waals surface area contributed by atoms with E-state index < -0.39 is 0 Å². The Kier molecular flexibility index (Phi) is 3.50. The number of allylic oxidation sites excluding steroid dienone is 1. The molecular formula is C19H16ClN3. The standard InChI is InChI=1S/C19H16ClN3/c1-12-11-21-9-8-14(12)19-15-4-2-3-5-16(15)22-17-7-6-13(20)10-18(17)23-19/h2-10,12,22H,11H2,1H3. The highest BCUT2D eigenvalue weighted by Crippen LogP contribution is 2.38. The maximum Gasteiger partial charge on any atom is 0.0886 e. The molecule has 2 aliphatic heterocycles. The number of halogens is 1. The second kappa shape index (κ2) is 5.67. The van der Waals surface area contributed by atoms with Crippen LogP contribution in [0.3, 0.4) is 0 Å². The van der Waals surface area contributed by atoms with Gasteiger partial charge in [0.2, 0.25) is 0 Å². The number of para-hydroxylation sites is 1. The van der Waals surface area contributed by atoms with Gasteiger partial charge in [-0.2, -0.15) is 0 Å². The lowest BCUT2D eigenvalue weighted by Gasteiger charge is -2.19. The van der Waals surface area contributed by atoms with Gasteiger partial charge in [-0.3, -0.25) is 4.99 Å². The minimum absolute atomic E-state index is 0.340. The van der Waals surface area contributed by atoms with Gasteiger partial charge < -0.3 is 5.32 Å². The van der Waals surface area contributed by atoms with E-state index in [2.05, 4.69) is 35.4 Å². The van der Waals surface area contributed by atoms with Crippen molar-refractivity contribution in [1.82, 2.24) is 0 Å². The SMILES string of the molecule is CC1CN=CC=C1C1=Nc2cc(Cl)ccc2Nc2ccccc21. The lowest BCUT2D eigenvalue weighted by Crippen LogP contribution is -2.17. The number of rotatable bonds is 1. The van der Waals surface area contributed by atoms with E-state index in [0.29, 0.717) is 10.9 Å². The van der Waals surface area contributed by atoms with Gasteiger partial charge in [-0.25, -0.2) is 4.99 Å². The van der Waals surface area contributed by atoms with Gasteiger partial charge in [0, 0.05) is 35.0 Å². The van der Waals surface area contributed by atoms with E-state index >= 15 is 0 Å². The van der Waals surface area contributed by atoms with Crippen LogP contribution < -0.4 is 5.32 Å². The predicted molar refractivity (Wildman–Crippen MR) is 98.0 cm³/mol. The molecule has 0 spiro atoms. The van der Waals surface area contributed by atoms with E-state index in [1.54, 1.807) is 0 Å². The van der Waals surface area contributed by atoms with Crippen LogP contribution in [0.1, 0.15) is 12.5 Å². The fraction of sp³-hybridized carbons (Fsp3) is 0.158. The van der Waals surface area contributed by atoms with Crippen molar-refractivity contribution in [2.75, 3.05) is 11.9 Å². The Hall–Kier alpha value is -2.39. The number of anilines is 2. The number of nitrogens with zero attached hydrogens (tertiary/aromatic N) is 2. The zero-order valence-electron chi connectivity index (χ0n) is 12.8. The Morgan fingerprint density at radius 1 is 1.13 bits per heavy atom. The van der Waals surface area contributed by atoms with Crippen molar-refractivity contribution < 1.29 is 0 Å². The third-order valence-corrected chi connectivity index (χ3v) is 4.42. The monoisotopic (exact) mass is 321 g/mol. The van der Waals surface area contributed by atoms with Crippen LogP contribution >= 0.6 is 11.6 Å². The maximum atomic E-state index is 6.17. The summed E-state index contributed by atoms with van der Waals surface area (Å²) in [4.78, 5) is 9.30. The molecule has 0 fully saturated rings. The molecule has 4 rings (SSSR count). The topological polar surface area (TPSA) is 36.8 Å². The first kappa shape index (κ1) is 14.2. The first-order chi connectivity index (χ1) is 11.2. The molecule has 2 aliphatic rings.